The van der Waals surface area contributed by atoms with Gasteiger partial charge in [-0.25, -0.2) is 9.59 Å². The number of benzene rings is 2. The number of hydrogen-bond acceptors (Lipinski definition) is 8. The van der Waals surface area contributed by atoms with Crippen LogP contribution in [0.25, 0.3) is 0 Å². The van der Waals surface area contributed by atoms with Gasteiger partial charge in [-0.1, -0.05) is 12.1 Å². The number of ether oxygens (including phenoxy) is 2. The molecule has 10 nitrogen and oxygen atoms in total. The molecule has 0 heterocycles. The fraction of sp³-hybridized carbons (Fsp3) is 0.481. The van der Waals surface area contributed by atoms with Crippen molar-refractivity contribution < 1.29 is 29.3 Å². The van der Waals surface area contributed by atoms with Gasteiger partial charge in [-0.3, -0.25) is 0 Å². The lowest BCUT2D eigenvalue weighted by atomic mass is 9.69. The van der Waals surface area contributed by atoms with Gasteiger partial charge in [0.15, 0.2) is 0 Å². The molecular weight excluding hydrogens is 476 g/mol. The quantitative estimate of drug-likeness (QED) is 0.193. The zero-order valence-corrected chi connectivity index (χ0v) is 22.2. The van der Waals surface area contributed by atoms with Gasteiger partial charge in [0.05, 0.1) is 24.3 Å². The Morgan fingerprint density at radius 1 is 0.730 bits per heavy atom. The summed E-state index contributed by atoms with van der Waals surface area (Å²) in [7, 11) is 7.84. The average Bonchev–Trinajstić information content (AvgIpc) is 2.82. The van der Waals surface area contributed by atoms with Crippen molar-refractivity contribution in [3.05, 3.63) is 58.7 Å². The molecule has 0 saturated heterocycles. The number of nitrogens with two attached hydrogens (primary N) is 2. The Bertz CT molecular complexity index is 974. The summed E-state index contributed by atoms with van der Waals surface area (Å²) in [5.41, 5.74) is 12.7. The van der Waals surface area contributed by atoms with Gasteiger partial charge in [0.25, 0.3) is 0 Å². The molecule has 0 fully saturated rings. The molecule has 2 aromatic carbocycles. The molecule has 0 aliphatic heterocycles. The van der Waals surface area contributed by atoms with Gasteiger partial charge in [0, 0.05) is 43.1 Å². The molecule has 0 unspecified atom stereocenters. The number of nitrogen functional groups attached to an aromatic ring is 2. The SMILES string of the molecule is CN(C)CCOCCC(CCOCCN(C)C)(c1ccc(N)c(C(=O)O)c1)c1ccc(N)c(C(=O)O)c1. The van der Waals surface area contributed by atoms with E-state index in [1.807, 2.05) is 38.0 Å². The monoisotopic (exact) mass is 516 g/mol. The van der Waals surface area contributed by atoms with E-state index < -0.39 is 17.4 Å². The van der Waals surface area contributed by atoms with E-state index in [0.29, 0.717) is 50.4 Å². The lowest BCUT2D eigenvalue weighted by molar-refractivity contribution is 0.0687. The van der Waals surface area contributed by atoms with Crippen LogP contribution in [0, 0.1) is 0 Å². The molecule has 2 rings (SSSR count). The minimum atomic E-state index is -1.14. The third-order valence-corrected chi connectivity index (χ3v) is 6.38. The topological polar surface area (TPSA) is 152 Å². The summed E-state index contributed by atoms with van der Waals surface area (Å²) >= 11 is 0. The lowest BCUT2D eigenvalue weighted by Gasteiger charge is -2.36. The second-order valence-corrected chi connectivity index (χ2v) is 9.63. The van der Waals surface area contributed by atoms with E-state index in [9.17, 15) is 19.8 Å². The van der Waals surface area contributed by atoms with E-state index in [2.05, 4.69) is 0 Å². The largest absolute Gasteiger partial charge is 0.478 e. The Balaban J connectivity index is 2.58. The molecule has 0 bridgehead atoms. The van der Waals surface area contributed by atoms with Gasteiger partial charge >= 0.3 is 11.9 Å². The standard InChI is InChI=1S/C27H40N4O6/c1-30(2)11-15-36-13-9-27(10-14-37-16-12-31(3)4,19-5-7-23(28)21(17-19)25(32)33)20-6-8-24(29)22(18-20)26(34)35/h5-8,17-18H,9-16,28-29H2,1-4H3,(H,32,33)(H,34,35). The highest BCUT2D eigenvalue weighted by molar-refractivity contribution is 5.94. The number of aromatic carboxylic acids is 2. The number of hydrogen-bond donors (Lipinski definition) is 4. The molecule has 0 atom stereocenters. The first-order valence-corrected chi connectivity index (χ1v) is 12.2. The van der Waals surface area contributed by atoms with Crippen LogP contribution in [0.4, 0.5) is 11.4 Å². The molecule has 2 aromatic rings. The van der Waals surface area contributed by atoms with Crippen LogP contribution < -0.4 is 11.5 Å². The fourth-order valence-electron chi connectivity index (χ4n) is 4.14. The first kappa shape index (κ1) is 30.0. The van der Waals surface area contributed by atoms with E-state index in [0.717, 1.165) is 13.1 Å². The summed E-state index contributed by atoms with van der Waals surface area (Å²) in [6.45, 7) is 3.27. The Hall–Kier alpha value is -3.18. The summed E-state index contributed by atoms with van der Waals surface area (Å²) in [5.74, 6) is -2.28. The lowest BCUT2D eigenvalue weighted by Crippen LogP contribution is -2.33. The molecule has 10 heteroatoms. The molecule has 6 N–H and O–H groups in total. The maximum atomic E-state index is 11.9. The van der Waals surface area contributed by atoms with Gasteiger partial charge < -0.3 is 41.0 Å². The molecule has 0 aliphatic rings. The maximum absolute atomic E-state index is 11.9. The van der Waals surface area contributed by atoms with Crippen molar-refractivity contribution in [3.63, 3.8) is 0 Å². The van der Waals surface area contributed by atoms with E-state index in [-0.39, 0.29) is 22.5 Å². The predicted octanol–water partition coefficient (Wildman–Crippen LogP) is 2.47. The number of anilines is 2. The molecule has 0 aliphatic carbocycles. The summed E-state index contributed by atoms with van der Waals surface area (Å²) in [4.78, 5) is 27.9. The molecule has 0 saturated carbocycles. The van der Waals surface area contributed by atoms with E-state index in [1.54, 1.807) is 36.4 Å². The van der Waals surface area contributed by atoms with Crippen molar-refractivity contribution in [1.82, 2.24) is 9.80 Å². The van der Waals surface area contributed by atoms with Crippen molar-refractivity contribution in [3.8, 4) is 0 Å². The van der Waals surface area contributed by atoms with Gasteiger partial charge in [0.2, 0.25) is 0 Å². The number of carbonyl (C=O) groups is 2. The van der Waals surface area contributed by atoms with Crippen LogP contribution in [-0.4, -0.2) is 99.7 Å². The third-order valence-electron chi connectivity index (χ3n) is 6.38. The van der Waals surface area contributed by atoms with Crippen molar-refractivity contribution in [2.24, 2.45) is 0 Å². The van der Waals surface area contributed by atoms with Crippen molar-refractivity contribution in [2.45, 2.75) is 18.3 Å². The first-order valence-electron chi connectivity index (χ1n) is 12.2. The zero-order chi connectivity index (χ0) is 27.6. The second-order valence-electron chi connectivity index (χ2n) is 9.63. The van der Waals surface area contributed by atoms with Crippen LogP contribution in [0.2, 0.25) is 0 Å². The highest BCUT2D eigenvalue weighted by Gasteiger charge is 2.36. The number of carboxylic acid groups (broad SMARTS) is 2. The molecule has 0 radical (unpaired) electrons. The maximum Gasteiger partial charge on any atom is 0.337 e. The van der Waals surface area contributed by atoms with Gasteiger partial charge in [-0.05, 0) is 76.4 Å². The molecule has 0 amide bonds. The van der Waals surface area contributed by atoms with Gasteiger partial charge in [-0.2, -0.15) is 0 Å². The molecular formula is C27H40N4O6. The van der Waals surface area contributed by atoms with Crippen LogP contribution in [0.15, 0.2) is 36.4 Å². The van der Waals surface area contributed by atoms with Crippen LogP contribution in [-0.2, 0) is 14.9 Å². The summed E-state index contributed by atoms with van der Waals surface area (Å²) in [6.07, 6.45) is 0.923. The van der Waals surface area contributed by atoms with Crippen molar-refractivity contribution >= 4 is 23.3 Å². The predicted molar refractivity (Wildman–Crippen MR) is 144 cm³/mol. The number of nitrogens with zero attached hydrogens (tertiary/aromatic N) is 2. The van der Waals surface area contributed by atoms with Crippen LogP contribution in [0.5, 0.6) is 0 Å². The Morgan fingerprint density at radius 3 is 1.43 bits per heavy atom. The summed E-state index contributed by atoms with van der Waals surface area (Å²) in [6, 6.07) is 9.85. The van der Waals surface area contributed by atoms with E-state index in [4.69, 9.17) is 20.9 Å². The summed E-state index contributed by atoms with van der Waals surface area (Å²) < 4.78 is 11.9. The second kappa shape index (κ2) is 13.9. The minimum absolute atomic E-state index is 0.0159. The molecule has 0 spiro atoms. The third kappa shape index (κ3) is 8.43. The van der Waals surface area contributed by atoms with Crippen LogP contribution in [0.3, 0.4) is 0 Å². The number of carboxylic acids is 2. The van der Waals surface area contributed by atoms with Crippen molar-refractivity contribution in [2.75, 3.05) is 79.2 Å². The van der Waals surface area contributed by atoms with Crippen LogP contribution in [0.1, 0.15) is 44.7 Å². The Kier molecular flexibility index (Phi) is 11.3. The van der Waals surface area contributed by atoms with E-state index in [1.165, 1.54) is 0 Å². The molecule has 204 valence electrons. The number of likely N-dealkylation sites (N-methyl/N-ethyl adjacent to an activating group) is 2. The van der Waals surface area contributed by atoms with Crippen molar-refractivity contribution in [1.29, 1.82) is 0 Å². The smallest absolute Gasteiger partial charge is 0.337 e. The fourth-order valence-corrected chi connectivity index (χ4v) is 4.14. The summed E-state index contributed by atoms with van der Waals surface area (Å²) in [5, 5.41) is 19.5. The average molecular weight is 517 g/mol. The Morgan fingerprint density at radius 2 is 1.11 bits per heavy atom. The first-order chi connectivity index (χ1) is 17.5. The molecule has 37 heavy (non-hydrogen) atoms. The zero-order valence-electron chi connectivity index (χ0n) is 22.2. The highest BCUT2D eigenvalue weighted by Crippen LogP contribution is 2.41. The number of rotatable bonds is 16. The highest BCUT2D eigenvalue weighted by atomic mass is 16.5. The van der Waals surface area contributed by atoms with Gasteiger partial charge in [-0.15, -0.1) is 0 Å². The van der Waals surface area contributed by atoms with Crippen LogP contribution >= 0.6 is 0 Å². The Labute approximate surface area is 218 Å². The molecule has 0 aromatic heterocycles. The van der Waals surface area contributed by atoms with E-state index >= 15 is 0 Å². The minimum Gasteiger partial charge on any atom is -0.478 e. The van der Waals surface area contributed by atoms with Gasteiger partial charge in [0.1, 0.15) is 0 Å². The normalized spacial score (nSPS) is 11.8.